The minimum atomic E-state index is -1.16. The molecule has 0 aliphatic carbocycles. The number of nitrogens with one attached hydrogen (secondary N) is 2. The summed E-state index contributed by atoms with van der Waals surface area (Å²) in [7, 11) is 0. The molecular weight excluding hydrogens is 542 g/mol. The lowest BCUT2D eigenvalue weighted by Gasteiger charge is -2.43. The minimum absolute atomic E-state index is 0.0806. The number of aliphatic hydroxyl groups is 1. The van der Waals surface area contributed by atoms with E-state index in [0.717, 1.165) is 16.5 Å². The average molecular weight is 566 g/mol. The molecule has 0 unspecified atom stereocenters. The highest BCUT2D eigenvalue weighted by molar-refractivity contribution is 7.81. The maximum absolute atomic E-state index is 12.7. The maximum atomic E-state index is 12.7. The van der Waals surface area contributed by atoms with Gasteiger partial charge in [-0.25, -0.2) is 14.5 Å². The Morgan fingerprint density at radius 2 is 2.21 bits per heavy atom. The molecule has 200 valence electrons. The standard InChI is InChI=1S/C25H24ClN9O3S/c1-2-38-14-8-15(22-16-9-30-32-23(16)33-35(22)12-14)18-10-29-20(11-28-18)34-7-5-25(39,19(36)13-34)31-24(37)21-17(26)4-3-6-27-21/h3-4,6,8-12,19,36,39H,2,5,7,13H2,1H3,(H,31,37)(H,32,33)/t19-,25-/m0/s1. The molecule has 12 nitrogen and oxygen atoms in total. The van der Waals surface area contributed by atoms with Crippen molar-refractivity contribution in [3.63, 3.8) is 0 Å². The second-order valence-corrected chi connectivity index (χ2v) is 10.3. The number of thiol groups is 1. The third kappa shape index (κ3) is 4.62. The van der Waals surface area contributed by atoms with Gasteiger partial charge in [0.05, 0.1) is 53.0 Å². The smallest absolute Gasteiger partial charge is 0.272 e. The predicted octanol–water partition coefficient (Wildman–Crippen LogP) is 2.74. The fourth-order valence-electron chi connectivity index (χ4n) is 4.69. The summed E-state index contributed by atoms with van der Waals surface area (Å²) in [6.45, 7) is 3.10. The van der Waals surface area contributed by atoms with Crippen molar-refractivity contribution in [2.75, 3.05) is 24.6 Å². The van der Waals surface area contributed by atoms with Crippen LogP contribution in [0, 0.1) is 0 Å². The van der Waals surface area contributed by atoms with Crippen molar-refractivity contribution in [2.24, 2.45) is 0 Å². The third-order valence-electron chi connectivity index (χ3n) is 6.66. The van der Waals surface area contributed by atoms with Crippen LogP contribution in [0.15, 0.2) is 49.2 Å². The van der Waals surface area contributed by atoms with E-state index in [1.807, 2.05) is 24.1 Å². The molecule has 14 heteroatoms. The summed E-state index contributed by atoms with van der Waals surface area (Å²) in [6, 6.07) is 5.13. The first-order valence-corrected chi connectivity index (χ1v) is 13.1. The maximum Gasteiger partial charge on any atom is 0.272 e. The van der Waals surface area contributed by atoms with Crippen molar-refractivity contribution in [1.82, 2.24) is 40.1 Å². The number of piperidine rings is 1. The Labute approximate surface area is 232 Å². The predicted molar refractivity (Wildman–Crippen MR) is 148 cm³/mol. The Balaban J connectivity index is 1.23. The lowest BCUT2D eigenvalue weighted by Crippen LogP contribution is -2.61. The summed E-state index contributed by atoms with van der Waals surface area (Å²) in [5, 5.41) is 26.4. The van der Waals surface area contributed by atoms with Crippen LogP contribution in [-0.2, 0) is 0 Å². The van der Waals surface area contributed by atoms with Gasteiger partial charge in [0.15, 0.2) is 5.65 Å². The van der Waals surface area contributed by atoms with E-state index in [0.29, 0.717) is 42.5 Å². The van der Waals surface area contributed by atoms with Crippen molar-refractivity contribution in [3.8, 4) is 17.0 Å². The highest BCUT2D eigenvalue weighted by Crippen LogP contribution is 2.33. The molecule has 3 N–H and O–H groups in total. The van der Waals surface area contributed by atoms with Crippen molar-refractivity contribution >= 4 is 52.5 Å². The molecule has 0 bridgehead atoms. The van der Waals surface area contributed by atoms with Crippen LogP contribution in [0.4, 0.5) is 5.82 Å². The Morgan fingerprint density at radius 3 is 2.95 bits per heavy atom. The summed E-state index contributed by atoms with van der Waals surface area (Å²) < 4.78 is 7.49. The molecule has 1 amide bonds. The van der Waals surface area contributed by atoms with E-state index in [1.165, 1.54) is 6.20 Å². The van der Waals surface area contributed by atoms with Crippen molar-refractivity contribution in [1.29, 1.82) is 0 Å². The average Bonchev–Trinajstić information content (AvgIpc) is 3.52. The zero-order valence-corrected chi connectivity index (χ0v) is 22.4. The summed E-state index contributed by atoms with van der Waals surface area (Å²) in [6.07, 6.45) is 7.72. The van der Waals surface area contributed by atoms with E-state index in [4.69, 9.17) is 16.3 Å². The van der Waals surface area contributed by atoms with Crippen molar-refractivity contribution in [3.05, 3.63) is 59.9 Å². The first-order chi connectivity index (χ1) is 18.9. The van der Waals surface area contributed by atoms with Gasteiger partial charge in [0.1, 0.15) is 28.2 Å². The van der Waals surface area contributed by atoms with Crippen LogP contribution >= 0.6 is 24.2 Å². The molecule has 0 aromatic carbocycles. The van der Waals surface area contributed by atoms with Crippen molar-refractivity contribution in [2.45, 2.75) is 24.3 Å². The van der Waals surface area contributed by atoms with Crippen LogP contribution in [0.3, 0.4) is 0 Å². The summed E-state index contributed by atoms with van der Waals surface area (Å²) in [4.78, 5) is 26.8. The normalized spacial score (nSPS) is 19.5. The highest BCUT2D eigenvalue weighted by atomic mass is 35.5. The number of rotatable bonds is 6. The topological polar surface area (TPSA) is 146 Å². The molecule has 5 aromatic heterocycles. The highest BCUT2D eigenvalue weighted by Gasteiger charge is 2.41. The van der Waals surface area contributed by atoms with Crippen LogP contribution in [-0.4, -0.2) is 76.4 Å². The molecule has 1 aliphatic rings. The summed E-state index contributed by atoms with van der Waals surface area (Å²) in [5.74, 6) is 0.743. The summed E-state index contributed by atoms with van der Waals surface area (Å²) >= 11 is 10.7. The van der Waals surface area contributed by atoms with Gasteiger partial charge < -0.3 is 20.1 Å². The lowest BCUT2D eigenvalue weighted by molar-refractivity contribution is 0.0725. The number of hydrogen-bond donors (Lipinski definition) is 4. The zero-order valence-electron chi connectivity index (χ0n) is 20.7. The number of aliphatic hydroxyl groups excluding tert-OH is 1. The molecule has 1 saturated heterocycles. The molecule has 0 spiro atoms. The van der Waals surface area contributed by atoms with Gasteiger partial charge in [-0.1, -0.05) is 11.6 Å². The molecule has 6 rings (SSSR count). The first kappa shape index (κ1) is 25.3. The second kappa shape index (κ2) is 9.98. The number of ether oxygens (including phenoxy) is 1. The Hall–Kier alpha value is -3.94. The number of hydrogen-bond acceptors (Lipinski definition) is 10. The van der Waals surface area contributed by atoms with E-state index in [2.05, 4.69) is 48.2 Å². The van der Waals surface area contributed by atoms with Crippen LogP contribution in [0.25, 0.3) is 27.8 Å². The SMILES string of the molecule is CCOc1cc(-c2cnc(N3CC[C@@](S)(NC(=O)c4ncccc4Cl)[C@@H](O)C3)cn2)c2c3cn[nH]c3nn2c1. The van der Waals surface area contributed by atoms with Gasteiger partial charge in [-0.2, -0.15) is 5.10 Å². The number of carbonyl (C=O) groups excluding carboxylic acids is 1. The van der Waals surface area contributed by atoms with Gasteiger partial charge in [0.25, 0.3) is 5.91 Å². The monoisotopic (exact) mass is 565 g/mol. The summed E-state index contributed by atoms with van der Waals surface area (Å²) in [5.41, 5.74) is 3.00. The molecule has 0 radical (unpaired) electrons. The molecule has 5 aromatic rings. The molecular formula is C25H24ClN9O3S. The number of aromatic amines is 1. The quantitative estimate of drug-likeness (QED) is 0.180. The molecule has 1 aliphatic heterocycles. The van der Waals surface area contributed by atoms with Gasteiger partial charge in [-0.3, -0.25) is 14.9 Å². The van der Waals surface area contributed by atoms with E-state index >= 15 is 0 Å². The molecule has 1 fully saturated rings. The van der Waals surface area contributed by atoms with Gasteiger partial charge >= 0.3 is 0 Å². The number of aromatic nitrogens is 7. The molecule has 0 saturated carbocycles. The van der Waals surface area contributed by atoms with E-state index < -0.39 is 16.9 Å². The fraction of sp³-hybridized carbons (Fsp3) is 0.280. The second-order valence-electron chi connectivity index (χ2n) is 9.13. The van der Waals surface area contributed by atoms with E-state index in [1.54, 1.807) is 35.2 Å². The Bertz CT molecular complexity index is 1670. The van der Waals surface area contributed by atoms with E-state index in [9.17, 15) is 9.90 Å². The number of amides is 1. The van der Waals surface area contributed by atoms with Crippen LogP contribution in [0.2, 0.25) is 5.02 Å². The number of H-pyrrole nitrogens is 1. The number of halogens is 1. The van der Waals surface area contributed by atoms with Crippen LogP contribution in [0.1, 0.15) is 23.8 Å². The molecule has 2 atom stereocenters. The van der Waals surface area contributed by atoms with E-state index in [-0.39, 0.29) is 17.3 Å². The first-order valence-electron chi connectivity index (χ1n) is 12.3. The van der Waals surface area contributed by atoms with Crippen molar-refractivity contribution < 1.29 is 14.6 Å². The Morgan fingerprint density at radius 1 is 1.33 bits per heavy atom. The number of carbonyl (C=O) groups is 1. The van der Waals surface area contributed by atoms with Gasteiger partial charge in [-0.05, 0) is 31.5 Å². The minimum Gasteiger partial charge on any atom is -0.492 e. The number of fused-ring (bicyclic) bond motifs is 3. The third-order valence-corrected chi connectivity index (χ3v) is 7.60. The Kier molecular flexibility index (Phi) is 6.49. The van der Waals surface area contributed by atoms with Gasteiger partial charge in [-0.15, -0.1) is 17.7 Å². The van der Waals surface area contributed by atoms with Crippen LogP contribution < -0.4 is 15.0 Å². The molecule has 6 heterocycles. The van der Waals surface area contributed by atoms with Gasteiger partial charge in [0, 0.05) is 24.8 Å². The molecule has 39 heavy (non-hydrogen) atoms. The number of β-amino-alcohol motifs (C(OH)–C–C–N with tert-alkyl or cyclic N) is 1. The number of pyridine rings is 2. The van der Waals surface area contributed by atoms with Gasteiger partial charge in [0.2, 0.25) is 0 Å². The largest absolute Gasteiger partial charge is 0.492 e. The number of nitrogens with zero attached hydrogens (tertiary/aromatic N) is 7. The zero-order chi connectivity index (χ0) is 27.1. The lowest BCUT2D eigenvalue weighted by atomic mass is 10.0. The van der Waals surface area contributed by atoms with Crippen LogP contribution in [0.5, 0.6) is 5.75 Å². The fourth-order valence-corrected chi connectivity index (χ4v) is 5.18. The number of anilines is 1.